The Balaban J connectivity index is 1.53. The molecule has 4 aromatic rings. The Hall–Kier alpha value is -3.46. The number of furan rings is 2. The molecule has 0 spiro atoms. The Morgan fingerprint density at radius 2 is 1.90 bits per heavy atom. The van der Waals surface area contributed by atoms with Gasteiger partial charge in [0.25, 0.3) is 0 Å². The molecular formula is C20H18N4O4S. The van der Waals surface area contributed by atoms with E-state index in [0.29, 0.717) is 29.0 Å². The van der Waals surface area contributed by atoms with Gasteiger partial charge in [-0.3, -0.25) is 9.36 Å². The number of hydrogen-bond donors (Lipinski definition) is 1. The lowest BCUT2D eigenvalue weighted by molar-refractivity contribution is -0.118. The average Bonchev–Trinajstić information content (AvgIpc) is 3.52. The Kier molecular flexibility index (Phi) is 5.66. The summed E-state index contributed by atoms with van der Waals surface area (Å²) < 4.78 is 17.8. The molecule has 1 aromatic carbocycles. The van der Waals surface area contributed by atoms with E-state index in [-0.39, 0.29) is 11.7 Å². The monoisotopic (exact) mass is 410 g/mol. The third kappa shape index (κ3) is 4.35. The van der Waals surface area contributed by atoms with Gasteiger partial charge in [-0.2, -0.15) is 0 Å². The van der Waals surface area contributed by atoms with Crippen LogP contribution in [-0.2, 0) is 11.3 Å². The third-order valence-corrected chi connectivity index (χ3v) is 5.01. The van der Waals surface area contributed by atoms with Gasteiger partial charge >= 0.3 is 0 Å². The fourth-order valence-corrected chi connectivity index (χ4v) is 3.45. The molecule has 1 N–H and O–H groups in total. The summed E-state index contributed by atoms with van der Waals surface area (Å²) in [4.78, 5) is 12.2. The van der Waals surface area contributed by atoms with Crippen LogP contribution in [0.25, 0.3) is 17.3 Å². The van der Waals surface area contributed by atoms with Crippen molar-refractivity contribution in [3.05, 3.63) is 66.8 Å². The minimum atomic E-state index is -0.129. The molecule has 9 heteroatoms. The molecule has 148 valence electrons. The first kappa shape index (κ1) is 18.9. The van der Waals surface area contributed by atoms with Gasteiger partial charge in [-0.1, -0.05) is 11.8 Å². The van der Waals surface area contributed by atoms with E-state index in [1.807, 2.05) is 41.0 Å². The van der Waals surface area contributed by atoms with E-state index in [4.69, 9.17) is 13.6 Å². The third-order valence-electron chi connectivity index (χ3n) is 4.08. The lowest BCUT2D eigenvalue weighted by atomic mass is 10.3. The minimum absolute atomic E-state index is 0.129. The van der Waals surface area contributed by atoms with E-state index in [1.54, 1.807) is 31.8 Å². The van der Waals surface area contributed by atoms with Gasteiger partial charge in [0.1, 0.15) is 11.5 Å². The number of ether oxygens (including phenoxy) is 1. The summed E-state index contributed by atoms with van der Waals surface area (Å²) in [6, 6.07) is 14.7. The lowest BCUT2D eigenvalue weighted by Gasteiger charge is -2.10. The SMILES string of the molecule is COc1ccc(-n2c(SCC(=O)NCc3ccco3)nnc2-c2ccco2)cc1. The summed E-state index contributed by atoms with van der Waals surface area (Å²) in [5, 5.41) is 11.9. The van der Waals surface area contributed by atoms with E-state index in [2.05, 4.69) is 15.5 Å². The Labute approximate surface area is 170 Å². The number of aromatic nitrogens is 3. The first-order chi connectivity index (χ1) is 14.2. The van der Waals surface area contributed by atoms with Crippen LogP contribution in [0, 0.1) is 0 Å². The molecule has 29 heavy (non-hydrogen) atoms. The van der Waals surface area contributed by atoms with Crippen LogP contribution < -0.4 is 10.1 Å². The molecule has 4 rings (SSSR count). The number of carbonyl (C=O) groups excluding carboxylic acids is 1. The molecule has 0 fully saturated rings. The van der Waals surface area contributed by atoms with Crippen LogP contribution in [-0.4, -0.2) is 33.5 Å². The fraction of sp³-hybridized carbons (Fsp3) is 0.150. The minimum Gasteiger partial charge on any atom is -0.497 e. The number of nitrogens with zero attached hydrogens (tertiary/aromatic N) is 3. The zero-order chi connectivity index (χ0) is 20.1. The van der Waals surface area contributed by atoms with Crippen LogP contribution in [0.2, 0.25) is 0 Å². The quantitative estimate of drug-likeness (QED) is 0.444. The number of rotatable bonds is 8. The second kappa shape index (κ2) is 8.70. The maximum absolute atomic E-state index is 12.2. The van der Waals surface area contributed by atoms with Gasteiger partial charge in [0.05, 0.1) is 37.6 Å². The van der Waals surface area contributed by atoms with E-state index in [9.17, 15) is 4.79 Å². The Morgan fingerprint density at radius 1 is 1.10 bits per heavy atom. The number of benzene rings is 1. The highest BCUT2D eigenvalue weighted by Crippen LogP contribution is 2.29. The molecule has 0 aliphatic rings. The Bertz CT molecular complexity index is 1060. The van der Waals surface area contributed by atoms with Gasteiger partial charge in [-0.15, -0.1) is 10.2 Å². The van der Waals surface area contributed by atoms with Crippen LogP contribution in [0.1, 0.15) is 5.76 Å². The van der Waals surface area contributed by atoms with Gasteiger partial charge in [-0.05, 0) is 48.5 Å². The van der Waals surface area contributed by atoms with Crippen molar-refractivity contribution < 1.29 is 18.4 Å². The van der Waals surface area contributed by atoms with Crippen LogP contribution >= 0.6 is 11.8 Å². The summed E-state index contributed by atoms with van der Waals surface area (Å²) in [7, 11) is 1.62. The summed E-state index contributed by atoms with van der Waals surface area (Å²) in [5.41, 5.74) is 0.834. The average molecular weight is 410 g/mol. The molecule has 3 aromatic heterocycles. The number of methoxy groups -OCH3 is 1. The van der Waals surface area contributed by atoms with Gasteiger partial charge in [-0.25, -0.2) is 0 Å². The zero-order valence-electron chi connectivity index (χ0n) is 15.6. The highest BCUT2D eigenvalue weighted by atomic mass is 32.2. The topological polar surface area (TPSA) is 95.3 Å². The van der Waals surface area contributed by atoms with Gasteiger partial charge in [0.15, 0.2) is 10.9 Å². The molecule has 0 saturated heterocycles. The highest BCUT2D eigenvalue weighted by Gasteiger charge is 2.19. The van der Waals surface area contributed by atoms with Crippen LogP contribution in [0.4, 0.5) is 0 Å². The molecule has 0 radical (unpaired) electrons. The van der Waals surface area contributed by atoms with E-state index >= 15 is 0 Å². The number of nitrogens with one attached hydrogen (secondary N) is 1. The number of thioether (sulfide) groups is 1. The maximum Gasteiger partial charge on any atom is 0.230 e. The van der Waals surface area contributed by atoms with Crippen molar-refractivity contribution in [2.24, 2.45) is 0 Å². The van der Waals surface area contributed by atoms with Crippen molar-refractivity contribution >= 4 is 17.7 Å². The molecule has 1 amide bonds. The first-order valence-electron chi connectivity index (χ1n) is 8.80. The van der Waals surface area contributed by atoms with E-state index < -0.39 is 0 Å². The summed E-state index contributed by atoms with van der Waals surface area (Å²) in [5.74, 6) is 2.64. The molecule has 0 bridgehead atoms. The van der Waals surface area contributed by atoms with Gasteiger partial charge < -0.3 is 18.9 Å². The van der Waals surface area contributed by atoms with Crippen LogP contribution in [0.5, 0.6) is 5.75 Å². The fourth-order valence-electron chi connectivity index (χ4n) is 2.67. The normalized spacial score (nSPS) is 10.8. The van der Waals surface area contributed by atoms with Crippen molar-refractivity contribution in [3.63, 3.8) is 0 Å². The Morgan fingerprint density at radius 3 is 2.59 bits per heavy atom. The van der Waals surface area contributed by atoms with Crippen molar-refractivity contribution in [1.29, 1.82) is 0 Å². The van der Waals surface area contributed by atoms with E-state index in [0.717, 1.165) is 11.4 Å². The second-order valence-corrected chi connectivity index (χ2v) is 6.90. The zero-order valence-corrected chi connectivity index (χ0v) is 16.4. The summed E-state index contributed by atoms with van der Waals surface area (Å²) in [6.45, 7) is 0.342. The predicted molar refractivity (Wildman–Crippen MR) is 107 cm³/mol. The van der Waals surface area contributed by atoms with Crippen molar-refractivity contribution in [2.75, 3.05) is 12.9 Å². The second-order valence-electron chi connectivity index (χ2n) is 5.96. The van der Waals surface area contributed by atoms with E-state index in [1.165, 1.54) is 11.8 Å². The number of amides is 1. The molecule has 0 aliphatic carbocycles. The van der Waals surface area contributed by atoms with Crippen molar-refractivity contribution in [3.8, 4) is 23.0 Å². The van der Waals surface area contributed by atoms with Crippen LogP contribution in [0.15, 0.2) is 75.0 Å². The largest absolute Gasteiger partial charge is 0.497 e. The summed E-state index contributed by atoms with van der Waals surface area (Å²) >= 11 is 1.29. The van der Waals surface area contributed by atoms with Crippen molar-refractivity contribution in [1.82, 2.24) is 20.1 Å². The van der Waals surface area contributed by atoms with Gasteiger partial charge in [0, 0.05) is 0 Å². The summed E-state index contributed by atoms with van der Waals surface area (Å²) in [6.07, 6.45) is 3.15. The highest BCUT2D eigenvalue weighted by molar-refractivity contribution is 7.99. The smallest absolute Gasteiger partial charge is 0.230 e. The molecule has 0 aliphatic heterocycles. The molecule has 3 heterocycles. The molecule has 0 atom stereocenters. The molecule has 0 unspecified atom stereocenters. The van der Waals surface area contributed by atoms with Crippen LogP contribution in [0.3, 0.4) is 0 Å². The predicted octanol–water partition coefficient (Wildman–Crippen LogP) is 3.54. The lowest BCUT2D eigenvalue weighted by Crippen LogP contribution is -2.24. The number of carbonyl (C=O) groups is 1. The molecule has 8 nitrogen and oxygen atoms in total. The van der Waals surface area contributed by atoms with Gasteiger partial charge in [0.2, 0.25) is 11.7 Å². The maximum atomic E-state index is 12.2. The molecular weight excluding hydrogens is 392 g/mol. The van der Waals surface area contributed by atoms with Crippen molar-refractivity contribution in [2.45, 2.75) is 11.7 Å². The number of hydrogen-bond acceptors (Lipinski definition) is 7. The molecule has 0 saturated carbocycles. The first-order valence-corrected chi connectivity index (χ1v) is 9.79. The standard InChI is InChI=1S/C20H18N4O4S/c1-26-15-8-6-14(7-9-15)24-19(17-5-3-11-28-17)22-23-20(24)29-13-18(25)21-12-16-4-2-10-27-16/h2-11H,12-13H2,1H3,(H,21,25).